The summed E-state index contributed by atoms with van der Waals surface area (Å²) in [6.07, 6.45) is -0.563. The molecule has 9 heteroatoms. The Kier molecular flexibility index (Phi) is 7.00. The van der Waals surface area contributed by atoms with Gasteiger partial charge in [-0.15, -0.1) is 0 Å². The maximum atomic E-state index is 12.0. The number of aromatic carboxylic acids is 1. The molecule has 3 N–H and O–H groups in total. The first-order valence-electron chi connectivity index (χ1n) is 5.97. The number of sulfonamides is 1. The molecule has 0 aliphatic rings. The highest BCUT2D eigenvalue weighted by atomic mass is 127. The van der Waals surface area contributed by atoms with Gasteiger partial charge in [0.05, 0.1) is 23.2 Å². The number of rotatable bonds is 8. The molecule has 1 atom stereocenters. The largest absolute Gasteiger partial charge is 0.478 e. The fraction of sp³-hybridized carbons (Fsp3) is 0.417. The van der Waals surface area contributed by atoms with Gasteiger partial charge in [-0.2, -0.15) is 0 Å². The Bertz CT molecular complexity index is 604. The van der Waals surface area contributed by atoms with Crippen molar-refractivity contribution in [3.8, 4) is 0 Å². The minimum atomic E-state index is -3.81. The van der Waals surface area contributed by atoms with E-state index in [0.717, 1.165) is 6.07 Å². The zero-order valence-electron chi connectivity index (χ0n) is 11.2. The highest BCUT2D eigenvalue weighted by Crippen LogP contribution is 2.18. The van der Waals surface area contributed by atoms with Crippen LogP contribution in [0, 0.1) is 3.57 Å². The van der Waals surface area contributed by atoms with Gasteiger partial charge < -0.3 is 14.9 Å². The van der Waals surface area contributed by atoms with Crippen molar-refractivity contribution in [3.05, 3.63) is 27.3 Å². The maximum Gasteiger partial charge on any atom is 0.336 e. The van der Waals surface area contributed by atoms with E-state index >= 15 is 0 Å². The smallest absolute Gasteiger partial charge is 0.336 e. The third kappa shape index (κ3) is 5.51. The monoisotopic (exact) mass is 429 g/mol. The van der Waals surface area contributed by atoms with Crippen molar-refractivity contribution in [2.24, 2.45) is 0 Å². The molecular formula is C12H16INO6S. The lowest BCUT2D eigenvalue weighted by atomic mass is 10.2. The van der Waals surface area contributed by atoms with E-state index in [2.05, 4.69) is 4.72 Å². The van der Waals surface area contributed by atoms with E-state index in [-0.39, 0.29) is 30.0 Å². The number of benzene rings is 1. The fourth-order valence-corrected chi connectivity index (χ4v) is 3.19. The summed E-state index contributed by atoms with van der Waals surface area (Å²) < 4.78 is 31.6. The number of ether oxygens (including phenoxy) is 1. The van der Waals surface area contributed by atoms with E-state index < -0.39 is 22.1 Å². The summed E-state index contributed by atoms with van der Waals surface area (Å²) in [4.78, 5) is 10.9. The molecule has 1 rings (SSSR count). The van der Waals surface area contributed by atoms with E-state index in [1.54, 1.807) is 0 Å². The third-order valence-electron chi connectivity index (χ3n) is 2.61. The van der Waals surface area contributed by atoms with Crippen molar-refractivity contribution in [3.63, 3.8) is 0 Å². The Labute approximate surface area is 136 Å². The van der Waals surface area contributed by atoms with Gasteiger partial charge in [0.25, 0.3) is 0 Å². The average molecular weight is 429 g/mol. The summed E-state index contributed by atoms with van der Waals surface area (Å²) in [6, 6.07) is 3.87. The van der Waals surface area contributed by atoms with Crippen LogP contribution >= 0.6 is 22.6 Å². The van der Waals surface area contributed by atoms with E-state index in [9.17, 15) is 18.3 Å². The molecule has 0 aromatic heterocycles. The molecule has 7 nitrogen and oxygen atoms in total. The van der Waals surface area contributed by atoms with Crippen LogP contribution in [0.5, 0.6) is 0 Å². The number of hydrogen-bond acceptors (Lipinski definition) is 5. The van der Waals surface area contributed by atoms with E-state index in [4.69, 9.17) is 9.84 Å². The van der Waals surface area contributed by atoms with Crippen LogP contribution in [0.4, 0.5) is 0 Å². The summed E-state index contributed by atoms with van der Waals surface area (Å²) in [5.41, 5.74) is -0.0714. The highest BCUT2D eigenvalue weighted by Gasteiger charge is 2.18. The first-order valence-corrected chi connectivity index (χ1v) is 8.53. The van der Waals surface area contributed by atoms with Gasteiger partial charge in [-0.1, -0.05) is 0 Å². The predicted molar refractivity (Wildman–Crippen MR) is 83.8 cm³/mol. The van der Waals surface area contributed by atoms with Crippen molar-refractivity contribution in [1.29, 1.82) is 0 Å². The molecule has 0 aliphatic carbocycles. The Balaban J connectivity index is 2.79. The van der Waals surface area contributed by atoms with Gasteiger partial charge in [0, 0.05) is 17.2 Å². The van der Waals surface area contributed by atoms with Crippen LogP contribution in [-0.2, 0) is 14.8 Å². The van der Waals surface area contributed by atoms with Crippen molar-refractivity contribution in [2.45, 2.75) is 17.4 Å². The van der Waals surface area contributed by atoms with Gasteiger partial charge in [-0.3, -0.25) is 0 Å². The molecule has 118 valence electrons. The van der Waals surface area contributed by atoms with E-state index in [0.29, 0.717) is 3.57 Å². The van der Waals surface area contributed by atoms with Crippen molar-refractivity contribution in [1.82, 2.24) is 4.72 Å². The van der Waals surface area contributed by atoms with Crippen molar-refractivity contribution in [2.75, 3.05) is 20.3 Å². The SMILES string of the molecule is COCC(O)CCNS(=O)(=O)c1ccc(I)c(C(=O)O)c1. The number of aliphatic hydroxyl groups excluding tert-OH is 1. The van der Waals surface area contributed by atoms with Gasteiger partial charge in [0.15, 0.2) is 0 Å². The molecule has 0 fully saturated rings. The zero-order chi connectivity index (χ0) is 16.0. The highest BCUT2D eigenvalue weighted by molar-refractivity contribution is 14.1. The minimum Gasteiger partial charge on any atom is -0.478 e. The first-order chi connectivity index (χ1) is 9.77. The van der Waals surface area contributed by atoms with Gasteiger partial charge in [-0.05, 0) is 47.2 Å². The van der Waals surface area contributed by atoms with Gasteiger partial charge in [0.2, 0.25) is 10.0 Å². The topological polar surface area (TPSA) is 113 Å². The normalized spacial score (nSPS) is 13.1. The average Bonchev–Trinajstić information content (AvgIpc) is 2.38. The van der Waals surface area contributed by atoms with E-state index in [1.807, 2.05) is 22.6 Å². The quantitative estimate of drug-likeness (QED) is 0.524. The molecule has 1 aromatic rings. The summed E-state index contributed by atoms with van der Waals surface area (Å²) in [6.45, 7) is 0.148. The number of carbonyl (C=O) groups is 1. The summed E-state index contributed by atoms with van der Waals surface area (Å²) in [5.74, 6) is -1.19. The third-order valence-corrected chi connectivity index (χ3v) is 5.01. The van der Waals surface area contributed by atoms with Gasteiger partial charge in [0.1, 0.15) is 0 Å². The molecule has 0 heterocycles. The van der Waals surface area contributed by atoms with Crippen LogP contribution < -0.4 is 4.72 Å². The van der Waals surface area contributed by atoms with Crippen LogP contribution in [0.25, 0.3) is 0 Å². The molecule has 0 amide bonds. The second kappa shape index (κ2) is 8.03. The van der Waals surface area contributed by atoms with Crippen LogP contribution in [-0.4, -0.2) is 51.0 Å². The molecule has 21 heavy (non-hydrogen) atoms. The molecule has 1 aromatic carbocycles. The summed E-state index contributed by atoms with van der Waals surface area (Å²) in [5, 5.41) is 18.4. The minimum absolute atomic E-state index is 0.0290. The lowest BCUT2D eigenvalue weighted by Gasteiger charge is -2.11. The Morgan fingerprint density at radius 3 is 2.71 bits per heavy atom. The maximum absolute atomic E-state index is 12.0. The van der Waals surface area contributed by atoms with Crippen LogP contribution in [0.2, 0.25) is 0 Å². The van der Waals surface area contributed by atoms with Crippen molar-refractivity contribution < 1.29 is 28.2 Å². The molecular weight excluding hydrogens is 413 g/mol. The number of carboxylic acids is 1. The fourth-order valence-electron chi connectivity index (χ4n) is 1.55. The molecule has 0 aliphatic heterocycles. The standard InChI is InChI=1S/C12H16INO6S/c1-20-7-8(15)4-5-14-21(18,19)9-2-3-11(13)10(6-9)12(16)17/h2-3,6,8,14-15H,4-5,7H2,1H3,(H,16,17). The summed E-state index contributed by atoms with van der Waals surface area (Å²) in [7, 11) is -2.38. The number of carboxylic acid groups (broad SMARTS) is 1. The Hall–Kier alpha value is -0.750. The number of aliphatic hydroxyl groups is 1. The molecule has 0 bridgehead atoms. The summed E-state index contributed by atoms with van der Waals surface area (Å²) >= 11 is 1.82. The Morgan fingerprint density at radius 1 is 1.48 bits per heavy atom. The number of methoxy groups -OCH3 is 1. The molecule has 0 saturated heterocycles. The van der Waals surface area contributed by atoms with Crippen LogP contribution in [0.15, 0.2) is 23.1 Å². The number of hydrogen-bond donors (Lipinski definition) is 3. The second-order valence-corrected chi connectivity index (χ2v) is 7.17. The lowest BCUT2D eigenvalue weighted by Crippen LogP contribution is -2.28. The number of nitrogens with one attached hydrogen (secondary N) is 1. The lowest BCUT2D eigenvalue weighted by molar-refractivity contribution is 0.0603. The van der Waals surface area contributed by atoms with Crippen molar-refractivity contribution >= 4 is 38.6 Å². The Morgan fingerprint density at radius 2 is 2.14 bits per heavy atom. The first kappa shape index (κ1) is 18.3. The van der Waals surface area contributed by atoms with E-state index in [1.165, 1.54) is 19.2 Å². The second-order valence-electron chi connectivity index (χ2n) is 4.24. The number of halogens is 1. The molecule has 0 radical (unpaired) electrons. The van der Waals surface area contributed by atoms with Crippen LogP contribution in [0.3, 0.4) is 0 Å². The molecule has 1 unspecified atom stereocenters. The molecule has 0 saturated carbocycles. The van der Waals surface area contributed by atoms with Gasteiger partial charge >= 0.3 is 5.97 Å². The predicted octanol–water partition coefficient (Wildman–Crippen LogP) is 0.665. The zero-order valence-corrected chi connectivity index (χ0v) is 14.2. The van der Waals surface area contributed by atoms with Crippen LogP contribution in [0.1, 0.15) is 16.8 Å². The molecule has 0 spiro atoms. The van der Waals surface area contributed by atoms with Gasteiger partial charge in [-0.25, -0.2) is 17.9 Å².